The maximum atomic E-state index is 10.8. The van der Waals surface area contributed by atoms with Gasteiger partial charge in [-0.05, 0) is 24.1 Å². The number of methoxy groups -OCH3 is 1. The number of carboxylic acids is 1. The molecular formula is C13H18ClNO3. The summed E-state index contributed by atoms with van der Waals surface area (Å²) in [5, 5.41) is 12.7. The summed E-state index contributed by atoms with van der Waals surface area (Å²) in [7, 11) is 1.62. The molecule has 100 valence electrons. The molecule has 1 atom stereocenters. The fraction of sp³-hybridized carbons (Fsp3) is 0.462. The molecule has 0 aliphatic carbocycles. The number of carbonyl (C=O) groups is 1. The summed E-state index contributed by atoms with van der Waals surface area (Å²) in [6.07, 6.45) is 0.750. The number of rotatable bonds is 8. The average Bonchev–Trinajstić information content (AvgIpc) is 2.31. The molecule has 2 N–H and O–H groups in total. The first-order chi connectivity index (χ1) is 8.61. The molecule has 1 unspecified atom stereocenters. The summed E-state index contributed by atoms with van der Waals surface area (Å²) in [6, 6.07) is 7.34. The monoisotopic (exact) mass is 271 g/mol. The summed E-state index contributed by atoms with van der Waals surface area (Å²) in [4.78, 5) is 10.8. The third-order valence-electron chi connectivity index (χ3n) is 2.56. The number of carboxylic acid groups (broad SMARTS) is 1. The molecule has 4 nitrogen and oxygen atoms in total. The van der Waals surface area contributed by atoms with Gasteiger partial charge in [-0.3, -0.25) is 4.79 Å². The van der Waals surface area contributed by atoms with Crippen LogP contribution in [0.1, 0.15) is 12.0 Å². The highest BCUT2D eigenvalue weighted by molar-refractivity contribution is 6.30. The quantitative estimate of drug-likeness (QED) is 0.710. The summed E-state index contributed by atoms with van der Waals surface area (Å²) in [6.45, 7) is 1.21. The molecule has 0 aromatic heterocycles. The molecule has 1 rings (SSSR count). The smallest absolute Gasteiger partial charge is 0.304 e. The van der Waals surface area contributed by atoms with Crippen molar-refractivity contribution in [2.24, 2.45) is 0 Å². The van der Waals surface area contributed by atoms with Crippen molar-refractivity contribution in [2.45, 2.75) is 18.9 Å². The molecule has 0 bridgehead atoms. The standard InChI is InChI=1S/C13H18ClNO3/c1-18-7-6-15-12(9-13(16)17)8-10-2-4-11(14)5-3-10/h2-5,12,15H,6-9H2,1H3,(H,16,17). The van der Waals surface area contributed by atoms with Crippen LogP contribution in [0.5, 0.6) is 0 Å². The number of halogens is 1. The van der Waals surface area contributed by atoms with Crippen molar-refractivity contribution in [3.05, 3.63) is 34.9 Å². The Balaban J connectivity index is 2.53. The maximum Gasteiger partial charge on any atom is 0.304 e. The minimum Gasteiger partial charge on any atom is -0.481 e. The molecule has 0 fully saturated rings. The van der Waals surface area contributed by atoms with E-state index < -0.39 is 5.97 Å². The molecule has 0 amide bonds. The van der Waals surface area contributed by atoms with E-state index in [-0.39, 0.29) is 12.5 Å². The molecule has 1 aromatic rings. The van der Waals surface area contributed by atoms with Crippen molar-refractivity contribution >= 4 is 17.6 Å². The Morgan fingerprint density at radius 1 is 1.44 bits per heavy atom. The van der Waals surface area contributed by atoms with E-state index in [0.717, 1.165) is 5.56 Å². The van der Waals surface area contributed by atoms with Crippen LogP contribution in [0.3, 0.4) is 0 Å². The first-order valence-corrected chi connectivity index (χ1v) is 6.18. The molecule has 0 aliphatic heterocycles. The van der Waals surface area contributed by atoms with Crippen molar-refractivity contribution in [3.63, 3.8) is 0 Å². The van der Waals surface area contributed by atoms with Crippen LogP contribution >= 0.6 is 11.6 Å². The van der Waals surface area contributed by atoms with E-state index in [1.807, 2.05) is 24.3 Å². The number of aliphatic carboxylic acids is 1. The van der Waals surface area contributed by atoms with Crippen molar-refractivity contribution < 1.29 is 14.6 Å². The van der Waals surface area contributed by atoms with Crippen LogP contribution in [0.4, 0.5) is 0 Å². The highest BCUT2D eigenvalue weighted by Gasteiger charge is 2.13. The molecule has 18 heavy (non-hydrogen) atoms. The van der Waals surface area contributed by atoms with Gasteiger partial charge in [0.1, 0.15) is 0 Å². The van der Waals surface area contributed by atoms with Crippen molar-refractivity contribution in [2.75, 3.05) is 20.3 Å². The summed E-state index contributed by atoms with van der Waals surface area (Å²) in [5.41, 5.74) is 1.07. The third kappa shape index (κ3) is 6.00. The van der Waals surface area contributed by atoms with Gasteiger partial charge in [0.05, 0.1) is 13.0 Å². The average molecular weight is 272 g/mol. The highest BCUT2D eigenvalue weighted by atomic mass is 35.5. The molecular weight excluding hydrogens is 254 g/mol. The van der Waals surface area contributed by atoms with Gasteiger partial charge >= 0.3 is 5.97 Å². The number of nitrogens with one attached hydrogen (secondary N) is 1. The van der Waals surface area contributed by atoms with Crippen molar-refractivity contribution in [1.82, 2.24) is 5.32 Å². The topological polar surface area (TPSA) is 58.6 Å². The third-order valence-corrected chi connectivity index (χ3v) is 2.81. The Labute approximate surface area is 112 Å². The summed E-state index contributed by atoms with van der Waals surface area (Å²) < 4.78 is 4.94. The molecule has 0 saturated carbocycles. The van der Waals surface area contributed by atoms with Crippen LogP contribution in [0.25, 0.3) is 0 Å². The van der Waals surface area contributed by atoms with E-state index in [2.05, 4.69) is 5.32 Å². The number of hydrogen-bond acceptors (Lipinski definition) is 3. The van der Waals surface area contributed by atoms with Gasteiger partial charge < -0.3 is 15.2 Å². The van der Waals surface area contributed by atoms with Crippen LogP contribution < -0.4 is 5.32 Å². The van der Waals surface area contributed by atoms with Gasteiger partial charge in [-0.2, -0.15) is 0 Å². The Kier molecular flexibility index (Phi) is 6.72. The van der Waals surface area contributed by atoms with E-state index in [4.69, 9.17) is 21.4 Å². The zero-order valence-electron chi connectivity index (χ0n) is 10.4. The van der Waals surface area contributed by atoms with Crippen molar-refractivity contribution in [1.29, 1.82) is 0 Å². The molecule has 0 aliphatic rings. The number of hydrogen-bond donors (Lipinski definition) is 2. The van der Waals surface area contributed by atoms with E-state index in [0.29, 0.717) is 24.6 Å². The molecule has 0 radical (unpaired) electrons. The van der Waals surface area contributed by atoms with Crippen LogP contribution in [0.2, 0.25) is 5.02 Å². The first-order valence-electron chi connectivity index (χ1n) is 5.80. The van der Waals surface area contributed by atoms with Gasteiger partial charge in [-0.1, -0.05) is 23.7 Å². The second-order valence-corrected chi connectivity index (χ2v) is 4.51. The largest absolute Gasteiger partial charge is 0.481 e. The van der Waals surface area contributed by atoms with E-state index >= 15 is 0 Å². The minimum atomic E-state index is -0.807. The minimum absolute atomic E-state index is 0.0896. The Morgan fingerprint density at radius 3 is 2.67 bits per heavy atom. The number of ether oxygens (including phenoxy) is 1. The van der Waals surface area contributed by atoms with Crippen LogP contribution in [-0.4, -0.2) is 37.4 Å². The van der Waals surface area contributed by atoms with Gasteiger partial charge in [0.25, 0.3) is 0 Å². The second kappa shape index (κ2) is 8.08. The Hall–Kier alpha value is -1.10. The van der Waals surface area contributed by atoms with Gasteiger partial charge in [-0.25, -0.2) is 0 Å². The Bertz CT molecular complexity index is 367. The second-order valence-electron chi connectivity index (χ2n) is 4.07. The first kappa shape index (κ1) is 15.0. The molecule has 1 aromatic carbocycles. The van der Waals surface area contributed by atoms with Gasteiger partial charge in [0.15, 0.2) is 0 Å². The van der Waals surface area contributed by atoms with E-state index in [1.165, 1.54) is 0 Å². The fourth-order valence-electron chi connectivity index (χ4n) is 1.70. The normalized spacial score (nSPS) is 12.3. The van der Waals surface area contributed by atoms with Crippen LogP contribution in [-0.2, 0) is 16.0 Å². The Morgan fingerprint density at radius 2 is 2.11 bits per heavy atom. The lowest BCUT2D eigenvalue weighted by molar-refractivity contribution is -0.137. The van der Waals surface area contributed by atoms with Crippen molar-refractivity contribution in [3.8, 4) is 0 Å². The van der Waals surface area contributed by atoms with Gasteiger partial charge in [0, 0.05) is 24.7 Å². The van der Waals surface area contributed by atoms with Crippen LogP contribution in [0, 0.1) is 0 Å². The summed E-state index contributed by atoms with van der Waals surface area (Å²) >= 11 is 5.81. The molecule has 0 heterocycles. The lowest BCUT2D eigenvalue weighted by Crippen LogP contribution is -2.35. The van der Waals surface area contributed by atoms with Gasteiger partial charge in [-0.15, -0.1) is 0 Å². The zero-order chi connectivity index (χ0) is 13.4. The molecule has 0 spiro atoms. The maximum absolute atomic E-state index is 10.8. The predicted octanol–water partition coefficient (Wildman–Crippen LogP) is 1.96. The predicted molar refractivity (Wildman–Crippen MR) is 71.1 cm³/mol. The lowest BCUT2D eigenvalue weighted by atomic mass is 10.0. The summed E-state index contributed by atoms with van der Waals surface area (Å²) in [5.74, 6) is -0.807. The van der Waals surface area contributed by atoms with E-state index in [1.54, 1.807) is 7.11 Å². The fourth-order valence-corrected chi connectivity index (χ4v) is 1.82. The van der Waals surface area contributed by atoms with E-state index in [9.17, 15) is 4.79 Å². The molecule has 0 saturated heterocycles. The lowest BCUT2D eigenvalue weighted by Gasteiger charge is -2.16. The van der Waals surface area contributed by atoms with Gasteiger partial charge in [0.2, 0.25) is 0 Å². The van der Waals surface area contributed by atoms with Crippen LogP contribution in [0.15, 0.2) is 24.3 Å². The zero-order valence-corrected chi connectivity index (χ0v) is 11.1. The highest BCUT2D eigenvalue weighted by Crippen LogP contribution is 2.12. The SMILES string of the molecule is COCCNC(CC(=O)O)Cc1ccc(Cl)cc1. The number of benzene rings is 1. The molecule has 5 heteroatoms.